The van der Waals surface area contributed by atoms with E-state index in [1.54, 1.807) is 29.2 Å². The van der Waals surface area contributed by atoms with E-state index < -0.39 is 11.6 Å². The van der Waals surface area contributed by atoms with Gasteiger partial charge in [0.2, 0.25) is 0 Å². The molecule has 0 bridgehead atoms. The van der Waals surface area contributed by atoms with Crippen LogP contribution in [0.1, 0.15) is 45.6 Å². The van der Waals surface area contributed by atoms with Crippen LogP contribution in [-0.4, -0.2) is 41.8 Å². The van der Waals surface area contributed by atoms with Crippen LogP contribution in [0.25, 0.3) is 0 Å². The van der Waals surface area contributed by atoms with Crippen molar-refractivity contribution in [2.45, 2.75) is 51.7 Å². The number of rotatable bonds is 4. The van der Waals surface area contributed by atoms with Gasteiger partial charge in [-0.25, -0.2) is 9.59 Å². The summed E-state index contributed by atoms with van der Waals surface area (Å²) in [4.78, 5) is 26.1. The number of nitrogens with one attached hydrogen (secondary N) is 3. The fraction of sp³-hybridized carbons (Fsp3) is 0.526. The quantitative estimate of drug-likeness (QED) is 0.704. The molecule has 3 N–H and O–H groups in total. The normalized spacial score (nSPS) is 16.8. The molecule has 146 valence electrons. The van der Waals surface area contributed by atoms with E-state index in [-0.39, 0.29) is 12.1 Å². The number of amides is 3. The second-order valence-electron chi connectivity index (χ2n) is 7.48. The van der Waals surface area contributed by atoms with Gasteiger partial charge in [0, 0.05) is 13.1 Å². The Kier molecular flexibility index (Phi) is 6.88. The molecule has 1 fully saturated rings. The average Bonchev–Trinajstić information content (AvgIpc) is 2.63. The minimum absolute atomic E-state index is 0.0960. The predicted octanol–water partition coefficient (Wildman–Crippen LogP) is 2.97. The van der Waals surface area contributed by atoms with Crippen molar-refractivity contribution in [2.75, 3.05) is 18.5 Å². The zero-order chi connectivity index (χ0) is 19.9. The SMILES string of the molecule is CC(C)(C)OC(=O)N1CCCCC1CNC(=O)NNc1cccc(C#N)c1. The Bertz CT molecular complexity index is 708. The van der Waals surface area contributed by atoms with E-state index >= 15 is 0 Å². The number of benzene rings is 1. The van der Waals surface area contributed by atoms with Gasteiger partial charge in [0.15, 0.2) is 0 Å². The summed E-state index contributed by atoms with van der Waals surface area (Å²) >= 11 is 0. The summed E-state index contributed by atoms with van der Waals surface area (Å²) in [6.07, 6.45) is 2.41. The molecule has 1 heterocycles. The number of hydrazine groups is 1. The van der Waals surface area contributed by atoms with Crippen molar-refractivity contribution < 1.29 is 14.3 Å². The molecule has 1 aromatic carbocycles. The Labute approximate surface area is 159 Å². The first-order valence-corrected chi connectivity index (χ1v) is 9.08. The molecule has 2 rings (SSSR count). The summed E-state index contributed by atoms with van der Waals surface area (Å²) in [5.41, 5.74) is 5.84. The van der Waals surface area contributed by atoms with E-state index in [1.807, 2.05) is 26.8 Å². The molecule has 8 heteroatoms. The van der Waals surface area contributed by atoms with Crippen molar-refractivity contribution in [3.05, 3.63) is 29.8 Å². The van der Waals surface area contributed by atoms with Gasteiger partial charge in [0.1, 0.15) is 5.60 Å². The van der Waals surface area contributed by atoms with Gasteiger partial charge in [-0.05, 0) is 58.2 Å². The molecule has 8 nitrogen and oxygen atoms in total. The van der Waals surface area contributed by atoms with Crippen LogP contribution in [0.2, 0.25) is 0 Å². The van der Waals surface area contributed by atoms with Crippen molar-refractivity contribution in [1.29, 1.82) is 5.26 Å². The lowest BCUT2D eigenvalue weighted by molar-refractivity contribution is 0.0102. The van der Waals surface area contributed by atoms with Gasteiger partial charge in [-0.1, -0.05) is 6.07 Å². The van der Waals surface area contributed by atoms with Crippen LogP contribution in [0.5, 0.6) is 0 Å². The van der Waals surface area contributed by atoms with E-state index in [2.05, 4.69) is 16.2 Å². The van der Waals surface area contributed by atoms with E-state index in [0.717, 1.165) is 19.3 Å². The molecule has 1 aromatic rings. The molecule has 1 saturated heterocycles. The first kappa shape index (κ1) is 20.4. The number of hydrogen-bond donors (Lipinski definition) is 3. The standard InChI is InChI=1S/C19H27N5O3/c1-19(2,3)27-18(26)24-10-5-4-9-16(24)13-21-17(25)23-22-15-8-6-7-14(11-15)12-20/h6-8,11,16,22H,4-5,9-10,13H2,1-3H3,(H2,21,23,25). The Morgan fingerprint density at radius 2 is 2.11 bits per heavy atom. The Hall–Kier alpha value is -2.95. The average molecular weight is 373 g/mol. The summed E-state index contributed by atoms with van der Waals surface area (Å²) in [6, 6.07) is 8.31. The second kappa shape index (κ2) is 9.12. The third-order valence-corrected chi connectivity index (χ3v) is 4.07. The maximum absolute atomic E-state index is 12.4. The van der Waals surface area contributed by atoms with Gasteiger partial charge in [-0.2, -0.15) is 5.26 Å². The first-order valence-electron chi connectivity index (χ1n) is 9.08. The monoisotopic (exact) mass is 373 g/mol. The van der Waals surface area contributed by atoms with Crippen LogP contribution in [0.4, 0.5) is 15.3 Å². The summed E-state index contributed by atoms with van der Waals surface area (Å²) in [5, 5.41) is 11.7. The number of ether oxygens (including phenoxy) is 1. The zero-order valence-electron chi connectivity index (χ0n) is 16.0. The number of nitrogens with zero attached hydrogens (tertiary/aromatic N) is 2. The highest BCUT2D eigenvalue weighted by molar-refractivity contribution is 5.75. The summed E-state index contributed by atoms with van der Waals surface area (Å²) in [5.74, 6) is 0. The summed E-state index contributed by atoms with van der Waals surface area (Å²) in [6.45, 7) is 6.47. The second-order valence-corrected chi connectivity index (χ2v) is 7.48. The number of nitriles is 1. The minimum atomic E-state index is -0.550. The highest BCUT2D eigenvalue weighted by atomic mass is 16.6. The smallest absolute Gasteiger partial charge is 0.410 e. The number of piperidine rings is 1. The topological polar surface area (TPSA) is 106 Å². The molecule has 1 atom stereocenters. The van der Waals surface area contributed by atoms with Gasteiger partial charge in [-0.3, -0.25) is 10.9 Å². The lowest BCUT2D eigenvalue weighted by atomic mass is 10.0. The van der Waals surface area contributed by atoms with E-state index in [9.17, 15) is 9.59 Å². The van der Waals surface area contributed by atoms with Crippen LogP contribution in [0.15, 0.2) is 24.3 Å². The molecule has 27 heavy (non-hydrogen) atoms. The molecule has 1 aliphatic heterocycles. The predicted molar refractivity (Wildman–Crippen MR) is 102 cm³/mol. The van der Waals surface area contributed by atoms with E-state index in [1.165, 1.54) is 0 Å². The molecular weight excluding hydrogens is 346 g/mol. The number of likely N-dealkylation sites (tertiary alicyclic amines) is 1. The molecule has 1 aliphatic rings. The maximum Gasteiger partial charge on any atom is 0.410 e. The number of carbonyl (C=O) groups is 2. The first-order chi connectivity index (χ1) is 12.8. The van der Waals surface area contributed by atoms with Crippen LogP contribution >= 0.6 is 0 Å². The lowest BCUT2D eigenvalue weighted by Gasteiger charge is -2.36. The number of hydrogen-bond acceptors (Lipinski definition) is 5. The van der Waals surface area contributed by atoms with Crippen molar-refractivity contribution in [3.63, 3.8) is 0 Å². The molecule has 0 aliphatic carbocycles. The molecule has 0 spiro atoms. The van der Waals surface area contributed by atoms with Gasteiger partial charge in [0.05, 0.1) is 23.4 Å². The summed E-state index contributed by atoms with van der Waals surface area (Å²) < 4.78 is 5.46. The van der Waals surface area contributed by atoms with Crippen LogP contribution in [-0.2, 0) is 4.74 Å². The van der Waals surface area contributed by atoms with Gasteiger partial charge < -0.3 is 15.0 Å². The molecule has 0 radical (unpaired) electrons. The van der Waals surface area contributed by atoms with Crippen molar-refractivity contribution in [2.24, 2.45) is 0 Å². The van der Waals surface area contributed by atoms with E-state index in [4.69, 9.17) is 10.00 Å². The van der Waals surface area contributed by atoms with Gasteiger partial charge in [0.25, 0.3) is 0 Å². The van der Waals surface area contributed by atoms with E-state index in [0.29, 0.717) is 24.3 Å². The lowest BCUT2D eigenvalue weighted by Crippen LogP contribution is -2.52. The molecule has 3 amide bonds. The number of anilines is 1. The van der Waals surface area contributed by atoms with Crippen molar-refractivity contribution >= 4 is 17.8 Å². The Morgan fingerprint density at radius 1 is 1.33 bits per heavy atom. The molecular formula is C19H27N5O3. The van der Waals surface area contributed by atoms with Crippen molar-refractivity contribution in [1.82, 2.24) is 15.6 Å². The highest BCUT2D eigenvalue weighted by Crippen LogP contribution is 2.20. The Balaban J connectivity index is 1.83. The van der Waals surface area contributed by atoms with Gasteiger partial charge in [-0.15, -0.1) is 0 Å². The molecule has 0 saturated carbocycles. The summed E-state index contributed by atoms with van der Waals surface area (Å²) in [7, 11) is 0. The van der Waals surface area contributed by atoms with Gasteiger partial charge >= 0.3 is 12.1 Å². The fourth-order valence-corrected chi connectivity index (χ4v) is 2.82. The zero-order valence-corrected chi connectivity index (χ0v) is 16.0. The molecule has 0 aromatic heterocycles. The molecule has 1 unspecified atom stereocenters. The maximum atomic E-state index is 12.4. The highest BCUT2D eigenvalue weighted by Gasteiger charge is 2.30. The largest absolute Gasteiger partial charge is 0.444 e. The van der Waals surface area contributed by atoms with Crippen LogP contribution in [0, 0.1) is 11.3 Å². The van der Waals surface area contributed by atoms with Crippen LogP contribution < -0.4 is 16.2 Å². The van der Waals surface area contributed by atoms with Crippen LogP contribution in [0.3, 0.4) is 0 Å². The number of carbonyl (C=O) groups excluding carboxylic acids is 2. The third kappa shape index (κ3) is 6.70. The van der Waals surface area contributed by atoms with Crippen molar-refractivity contribution in [3.8, 4) is 6.07 Å². The third-order valence-electron chi connectivity index (χ3n) is 4.07. The minimum Gasteiger partial charge on any atom is -0.444 e. The Morgan fingerprint density at radius 3 is 2.81 bits per heavy atom. The number of urea groups is 1. The fourth-order valence-electron chi connectivity index (χ4n) is 2.82.